The van der Waals surface area contributed by atoms with Crippen molar-refractivity contribution < 1.29 is 39.4 Å². The molecule has 0 spiro atoms. The molecule has 0 amide bonds. The predicted molar refractivity (Wildman–Crippen MR) is 11.5 cm³/mol. The third-order valence-electron chi connectivity index (χ3n) is 0. The van der Waals surface area contributed by atoms with E-state index in [-0.39, 0.29) is 82.9 Å². The summed E-state index contributed by atoms with van der Waals surface area (Å²) < 4.78 is 0. The first-order valence-corrected chi connectivity index (χ1v) is 0. The van der Waals surface area contributed by atoms with Crippen LogP contribution in [0.15, 0.2) is 0 Å². The molecule has 8 radical (unpaired) electrons. The molecule has 0 nitrogen and oxygen atoms in total. The van der Waals surface area contributed by atoms with E-state index in [1.165, 1.54) is 0 Å². The summed E-state index contributed by atoms with van der Waals surface area (Å²) >= 11 is 0. The Labute approximate surface area is 81.6 Å². The van der Waals surface area contributed by atoms with Crippen LogP contribution < -0.4 is 0 Å². The molecule has 0 aliphatic rings. The smallest absolute Gasteiger partial charge is 0 e. The summed E-state index contributed by atoms with van der Waals surface area (Å²) in [4.78, 5) is 0. The summed E-state index contributed by atoms with van der Waals surface area (Å²) in [5.74, 6) is 0. The van der Waals surface area contributed by atoms with Crippen molar-refractivity contribution in [2.75, 3.05) is 0 Å². The molecule has 0 aromatic heterocycles. The van der Waals surface area contributed by atoms with Crippen LogP contribution in [-0.2, 0) is 39.4 Å². The molecule has 0 N–H and O–H groups in total. The Morgan fingerprint density at radius 3 is 1.00 bits per heavy atom. The van der Waals surface area contributed by atoms with Gasteiger partial charge in [-0.05, 0) is 0 Å². The largest absolute Gasteiger partial charge is 0 e. The molecule has 0 atom stereocenters. The molecule has 0 rings (SSSR count). The molecule has 26 valence electrons. The summed E-state index contributed by atoms with van der Waals surface area (Å²) in [7, 11) is 0. The van der Waals surface area contributed by atoms with E-state index in [0.29, 0.717) is 0 Å². The molecule has 0 saturated carbocycles. The Balaban J connectivity index is 0. The average Bonchev–Trinajstić information content (AvgIpc) is 0. The molecule has 0 aromatic carbocycles. The van der Waals surface area contributed by atoms with Gasteiger partial charge in [-0.3, -0.25) is 0 Å². The third kappa shape index (κ3) is 8.82. The maximum absolute atomic E-state index is 0. The van der Waals surface area contributed by atoms with Crippen molar-refractivity contribution in [1.82, 2.24) is 0 Å². The minimum Gasteiger partial charge on any atom is 0 e. The summed E-state index contributed by atoms with van der Waals surface area (Å²) in [5.41, 5.74) is 0. The maximum atomic E-state index is 0. The molecule has 0 saturated heterocycles. The SMILES string of the molecule is [Au].[Fe].[Ge].[In]. The van der Waals surface area contributed by atoms with Crippen molar-refractivity contribution in [2.45, 2.75) is 0 Å². The second-order valence-electron chi connectivity index (χ2n) is 0. The Hall–Kier alpha value is 2.67. The van der Waals surface area contributed by atoms with E-state index in [1.807, 2.05) is 0 Å². The molecular formula is AuFeGeIn. The second-order valence-corrected chi connectivity index (χ2v) is 0. The Morgan fingerprint density at radius 1 is 1.00 bits per heavy atom. The van der Waals surface area contributed by atoms with Gasteiger partial charge in [0, 0.05) is 82.9 Å². The summed E-state index contributed by atoms with van der Waals surface area (Å²) in [6, 6.07) is 0. The molecule has 0 aromatic rings. The van der Waals surface area contributed by atoms with Gasteiger partial charge >= 0.3 is 0 Å². The molecule has 0 fully saturated rings. The van der Waals surface area contributed by atoms with Crippen molar-refractivity contribution in [3.8, 4) is 0 Å². The van der Waals surface area contributed by atoms with Crippen LogP contribution in [0.1, 0.15) is 0 Å². The summed E-state index contributed by atoms with van der Waals surface area (Å²) in [6.07, 6.45) is 0. The van der Waals surface area contributed by atoms with Crippen molar-refractivity contribution in [1.29, 1.82) is 0 Å². The standard InChI is InChI=1S/Au.Fe.Ge.In. The summed E-state index contributed by atoms with van der Waals surface area (Å²) in [6.45, 7) is 0. The molecule has 4 heteroatoms. The van der Waals surface area contributed by atoms with Gasteiger partial charge in [0.1, 0.15) is 0 Å². The molecule has 0 aliphatic carbocycles. The van der Waals surface area contributed by atoms with Gasteiger partial charge in [0.2, 0.25) is 0 Å². The van der Waals surface area contributed by atoms with Crippen LogP contribution in [0.5, 0.6) is 0 Å². The Kier molecular flexibility index (Phi) is 130. The van der Waals surface area contributed by atoms with Crippen molar-refractivity contribution >= 4 is 43.4 Å². The molecular weight excluding hydrogens is 440 g/mol. The molecule has 4 heavy (non-hydrogen) atoms. The van der Waals surface area contributed by atoms with Crippen LogP contribution in [0.2, 0.25) is 0 Å². The van der Waals surface area contributed by atoms with Crippen molar-refractivity contribution in [3.05, 3.63) is 0 Å². The van der Waals surface area contributed by atoms with Gasteiger partial charge in [-0.15, -0.1) is 0 Å². The van der Waals surface area contributed by atoms with E-state index in [9.17, 15) is 0 Å². The van der Waals surface area contributed by atoms with Crippen molar-refractivity contribution in [2.24, 2.45) is 0 Å². The Bertz CT molecular complexity index is 8.00. The van der Waals surface area contributed by atoms with Gasteiger partial charge < -0.3 is 0 Å². The van der Waals surface area contributed by atoms with Crippen LogP contribution in [0, 0.1) is 0 Å². The minimum absolute atomic E-state index is 0. The number of rotatable bonds is 0. The number of hydrogen-bond acceptors (Lipinski definition) is 0. The van der Waals surface area contributed by atoms with Crippen LogP contribution >= 0.6 is 0 Å². The first-order valence-electron chi connectivity index (χ1n) is 0. The topological polar surface area (TPSA) is 0 Å². The van der Waals surface area contributed by atoms with Crippen LogP contribution in [-0.4, -0.2) is 43.4 Å². The number of hydrogen-bond donors (Lipinski definition) is 0. The molecule has 0 unspecified atom stereocenters. The van der Waals surface area contributed by atoms with Gasteiger partial charge in [-0.25, -0.2) is 0 Å². The fraction of sp³-hybridized carbons (Fsp3) is 0. The van der Waals surface area contributed by atoms with Crippen LogP contribution in [0.4, 0.5) is 0 Å². The fourth-order valence-electron chi connectivity index (χ4n) is 0. The van der Waals surface area contributed by atoms with E-state index < -0.39 is 0 Å². The normalized spacial score (nSPS) is 0. The first-order chi connectivity index (χ1) is 0. The van der Waals surface area contributed by atoms with E-state index in [4.69, 9.17) is 0 Å². The first kappa shape index (κ1) is 30.1. The summed E-state index contributed by atoms with van der Waals surface area (Å²) in [5, 5.41) is 0. The fourth-order valence-corrected chi connectivity index (χ4v) is 0. The van der Waals surface area contributed by atoms with Gasteiger partial charge in [0.05, 0.1) is 0 Å². The van der Waals surface area contributed by atoms with E-state index >= 15 is 0 Å². The zero-order chi connectivity index (χ0) is 0. The molecule has 0 bridgehead atoms. The van der Waals surface area contributed by atoms with Gasteiger partial charge in [0.25, 0.3) is 0 Å². The predicted octanol–water partition coefficient (Wildman–Crippen LogP) is -0.767. The quantitative estimate of drug-likeness (QED) is 0.435. The van der Waals surface area contributed by atoms with Gasteiger partial charge in [-0.2, -0.15) is 0 Å². The van der Waals surface area contributed by atoms with Crippen LogP contribution in [0.3, 0.4) is 0 Å². The zero-order valence-electron chi connectivity index (χ0n) is 1.73. The third-order valence-corrected chi connectivity index (χ3v) is 0. The zero-order valence-corrected chi connectivity index (χ0v) is 10.4. The van der Waals surface area contributed by atoms with E-state index in [1.54, 1.807) is 0 Å². The Morgan fingerprint density at radius 2 is 1.00 bits per heavy atom. The monoisotopic (exact) mass is 442 g/mol. The minimum atomic E-state index is 0. The van der Waals surface area contributed by atoms with Gasteiger partial charge in [0.15, 0.2) is 0 Å². The van der Waals surface area contributed by atoms with Crippen LogP contribution in [0.25, 0.3) is 0 Å². The van der Waals surface area contributed by atoms with E-state index in [2.05, 4.69) is 0 Å². The average molecular weight is 440 g/mol. The maximum Gasteiger partial charge on any atom is 0 e. The van der Waals surface area contributed by atoms with Crippen molar-refractivity contribution in [3.63, 3.8) is 0 Å². The van der Waals surface area contributed by atoms with Gasteiger partial charge in [-0.1, -0.05) is 0 Å². The second kappa shape index (κ2) is 17.3. The molecule has 0 heterocycles. The molecule has 0 aliphatic heterocycles. The van der Waals surface area contributed by atoms with E-state index in [0.717, 1.165) is 0 Å².